The number of benzene rings is 1. The van der Waals surface area contributed by atoms with Crippen LogP contribution in [0.3, 0.4) is 0 Å². The molecule has 0 bridgehead atoms. The van der Waals surface area contributed by atoms with E-state index in [-0.39, 0.29) is 19.6 Å². The number of carbonyl (C=O) groups is 3. The van der Waals surface area contributed by atoms with Crippen molar-refractivity contribution in [1.29, 1.82) is 0 Å². The van der Waals surface area contributed by atoms with E-state index in [1.807, 2.05) is 0 Å². The molecule has 0 aliphatic carbocycles. The van der Waals surface area contributed by atoms with Crippen LogP contribution >= 0.6 is 0 Å². The van der Waals surface area contributed by atoms with Crippen molar-refractivity contribution < 1.29 is 23.9 Å². The molecule has 1 aromatic rings. The van der Waals surface area contributed by atoms with Gasteiger partial charge in [-0.15, -0.1) is 0 Å². The monoisotopic (exact) mass is 262 g/mol. The fourth-order valence-electron chi connectivity index (χ4n) is 2.06. The van der Waals surface area contributed by atoms with Crippen LogP contribution in [0.25, 0.3) is 0 Å². The molecule has 1 atom stereocenters. The Bertz CT molecular complexity index is 508. The second-order valence-corrected chi connectivity index (χ2v) is 4.34. The Morgan fingerprint density at radius 3 is 2.53 bits per heavy atom. The number of hydrogen-bond donors (Lipinski definition) is 0. The molecule has 0 radical (unpaired) electrons. The molecule has 0 spiro atoms. The van der Waals surface area contributed by atoms with E-state index in [0.29, 0.717) is 5.56 Å². The van der Waals surface area contributed by atoms with Gasteiger partial charge in [-0.1, -0.05) is 30.3 Å². The first-order valence-corrected chi connectivity index (χ1v) is 6.03. The lowest BCUT2D eigenvalue weighted by atomic mass is 9.79. The predicted octanol–water partition coefficient (Wildman–Crippen LogP) is 1.37. The number of Topliss-reactive ketones (excluding diaryl/α,β-unsaturated/α-hetero) is 1. The van der Waals surface area contributed by atoms with Crippen molar-refractivity contribution in [2.75, 3.05) is 13.2 Å². The third kappa shape index (κ3) is 2.36. The maximum absolute atomic E-state index is 12.5. The van der Waals surface area contributed by atoms with Crippen molar-refractivity contribution >= 4 is 17.7 Å². The Kier molecular flexibility index (Phi) is 3.64. The third-order valence-electron chi connectivity index (χ3n) is 3.06. The van der Waals surface area contributed by atoms with Gasteiger partial charge in [-0.2, -0.15) is 0 Å². The van der Waals surface area contributed by atoms with Gasteiger partial charge in [-0.25, -0.2) is 0 Å². The highest BCUT2D eigenvalue weighted by Crippen LogP contribution is 2.34. The van der Waals surface area contributed by atoms with Gasteiger partial charge in [0.25, 0.3) is 0 Å². The summed E-state index contributed by atoms with van der Waals surface area (Å²) in [5.74, 6) is -1.69. The van der Waals surface area contributed by atoms with Crippen LogP contribution in [0.5, 0.6) is 0 Å². The molecule has 1 aromatic carbocycles. The van der Waals surface area contributed by atoms with Gasteiger partial charge < -0.3 is 9.47 Å². The number of esters is 2. The van der Waals surface area contributed by atoms with E-state index in [2.05, 4.69) is 0 Å². The fourth-order valence-corrected chi connectivity index (χ4v) is 2.06. The molecule has 0 aromatic heterocycles. The molecule has 100 valence electrons. The Morgan fingerprint density at radius 2 is 2.00 bits per heavy atom. The van der Waals surface area contributed by atoms with Crippen LogP contribution in [0.1, 0.15) is 23.7 Å². The Hall–Kier alpha value is -2.17. The second kappa shape index (κ2) is 5.22. The van der Waals surface area contributed by atoms with E-state index in [4.69, 9.17) is 9.47 Å². The zero-order chi connectivity index (χ0) is 13.9. The van der Waals surface area contributed by atoms with E-state index in [1.165, 1.54) is 0 Å². The van der Waals surface area contributed by atoms with Crippen LogP contribution in [0.4, 0.5) is 0 Å². The van der Waals surface area contributed by atoms with Gasteiger partial charge in [0.15, 0.2) is 11.2 Å². The molecule has 1 aliphatic heterocycles. The summed E-state index contributed by atoms with van der Waals surface area (Å²) in [5, 5.41) is 0. The van der Waals surface area contributed by atoms with Gasteiger partial charge in [-0.05, 0) is 6.92 Å². The molecule has 19 heavy (non-hydrogen) atoms. The molecule has 0 saturated carbocycles. The topological polar surface area (TPSA) is 69.7 Å². The van der Waals surface area contributed by atoms with E-state index in [9.17, 15) is 14.4 Å². The average molecular weight is 262 g/mol. The summed E-state index contributed by atoms with van der Waals surface area (Å²) in [6.07, 6.45) is -0.264. The van der Waals surface area contributed by atoms with Crippen LogP contribution < -0.4 is 0 Å². The number of cyclic esters (lactones) is 1. The highest BCUT2D eigenvalue weighted by atomic mass is 16.6. The van der Waals surface area contributed by atoms with E-state index >= 15 is 0 Å². The minimum Gasteiger partial charge on any atom is -0.465 e. The van der Waals surface area contributed by atoms with Crippen molar-refractivity contribution in [2.45, 2.75) is 13.3 Å². The number of carbonyl (C=O) groups excluding carboxylic acids is 3. The maximum atomic E-state index is 12.5. The van der Waals surface area contributed by atoms with Crippen LogP contribution in [-0.2, 0) is 19.1 Å². The molecule has 1 heterocycles. The summed E-state index contributed by atoms with van der Waals surface area (Å²) < 4.78 is 9.75. The minimum absolute atomic E-state index is 0.150. The van der Waals surface area contributed by atoms with Crippen LogP contribution in [0, 0.1) is 5.41 Å². The van der Waals surface area contributed by atoms with Crippen LogP contribution in [-0.4, -0.2) is 30.9 Å². The van der Waals surface area contributed by atoms with E-state index in [1.54, 1.807) is 37.3 Å². The van der Waals surface area contributed by atoms with Gasteiger partial charge in [-0.3, -0.25) is 14.4 Å². The fraction of sp³-hybridized carbons (Fsp3) is 0.357. The molecule has 5 heteroatoms. The lowest BCUT2D eigenvalue weighted by Gasteiger charge is -2.21. The first-order valence-electron chi connectivity index (χ1n) is 6.03. The summed E-state index contributed by atoms with van der Waals surface area (Å²) in [6, 6.07) is 8.37. The summed E-state index contributed by atoms with van der Waals surface area (Å²) in [6.45, 7) is 1.55. The Labute approximate surface area is 110 Å². The SMILES string of the molecule is CCOC(=O)C1(C(=O)c2ccccc2)COC(=O)C1. The molecule has 0 amide bonds. The largest absolute Gasteiger partial charge is 0.465 e. The first kappa shape index (κ1) is 13.3. The molecule has 5 nitrogen and oxygen atoms in total. The van der Waals surface area contributed by atoms with Crippen molar-refractivity contribution in [1.82, 2.24) is 0 Å². The molecular formula is C14H14O5. The Morgan fingerprint density at radius 1 is 1.32 bits per heavy atom. The summed E-state index contributed by atoms with van der Waals surface area (Å²) >= 11 is 0. The molecule has 1 saturated heterocycles. The molecule has 1 unspecified atom stereocenters. The standard InChI is InChI=1S/C14H14O5/c1-2-18-13(17)14(8-11(15)19-9-14)12(16)10-6-4-3-5-7-10/h3-7H,2,8-9H2,1H3. The molecular weight excluding hydrogens is 248 g/mol. The molecule has 1 fully saturated rings. The van der Waals surface area contributed by atoms with Crippen molar-refractivity contribution in [2.24, 2.45) is 5.41 Å². The summed E-state index contributed by atoms with van der Waals surface area (Å²) in [5.41, 5.74) is -1.16. The molecule has 1 aliphatic rings. The maximum Gasteiger partial charge on any atom is 0.324 e. The summed E-state index contributed by atoms with van der Waals surface area (Å²) in [7, 11) is 0. The van der Waals surface area contributed by atoms with E-state index < -0.39 is 23.1 Å². The van der Waals surface area contributed by atoms with Gasteiger partial charge in [0.05, 0.1) is 13.0 Å². The van der Waals surface area contributed by atoms with Crippen LogP contribution in [0.15, 0.2) is 30.3 Å². The number of rotatable bonds is 4. The van der Waals surface area contributed by atoms with Crippen molar-refractivity contribution in [3.63, 3.8) is 0 Å². The minimum atomic E-state index is -1.53. The van der Waals surface area contributed by atoms with Gasteiger partial charge in [0, 0.05) is 5.56 Å². The lowest BCUT2D eigenvalue weighted by molar-refractivity contribution is -0.152. The summed E-state index contributed by atoms with van der Waals surface area (Å²) in [4.78, 5) is 35.9. The van der Waals surface area contributed by atoms with Gasteiger partial charge >= 0.3 is 11.9 Å². The number of ketones is 1. The Balaban J connectivity index is 2.36. The zero-order valence-corrected chi connectivity index (χ0v) is 10.5. The van der Waals surface area contributed by atoms with Crippen LogP contribution in [0.2, 0.25) is 0 Å². The first-order chi connectivity index (χ1) is 9.10. The number of ether oxygens (including phenoxy) is 2. The highest BCUT2D eigenvalue weighted by molar-refractivity contribution is 6.15. The van der Waals surface area contributed by atoms with Gasteiger partial charge in [0.2, 0.25) is 0 Å². The third-order valence-corrected chi connectivity index (χ3v) is 3.06. The zero-order valence-electron chi connectivity index (χ0n) is 10.5. The highest BCUT2D eigenvalue weighted by Gasteiger charge is 2.54. The van der Waals surface area contributed by atoms with Gasteiger partial charge in [0.1, 0.15) is 6.61 Å². The van der Waals surface area contributed by atoms with Crippen molar-refractivity contribution in [3.8, 4) is 0 Å². The average Bonchev–Trinajstić information content (AvgIpc) is 2.83. The number of hydrogen-bond acceptors (Lipinski definition) is 5. The molecule has 0 N–H and O–H groups in total. The quantitative estimate of drug-likeness (QED) is 0.465. The van der Waals surface area contributed by atoms with E-state index in [0.717, 1.165) is 0 Å². The predicted molar refractivity (Wildman–Crippen MR) is 65.4 cm³/mol. The second-order valence-electron chi connectivity index (χ2n) is 4.34. The van der Waals surface area contributed by atoms with Crippen molar-refractivity contribution in [3.05, 3.63) is 35.9 Å². The molecule has 2 rings (SSSR count). The lowest BCUT2D eigenvalue weighted by Crippen LogP contribution is -2.41. The normalized spacial score (nSPS) is 21.8. The smallest absolute Gasteiger partial charge is 0.324 e.